The lowest BCUT2D eigenvalue weighted by Crippen LogP contribution is -2.66. The van der Waals surface area contributed by atoms with Crippen molar-refractivity contribution >= 4 is 11.8 Å². The summed E-state index contributed by atoms with van der Waals surface area (Å²) in [7, 11) is 0. The monoisotopic (exact) mass is 979 g/mol. The number of hydrogen-bond acceptors (Lipinski definition) is 13. The molecule has 2 amide bonds. The van der Waals surface area contributed by atoms with Crippen molar-refractivity contribution in [1.82, 2.24) is 5.06 Å². The minimum absolute atomic E-state index is 0.0106. The van der Waals surface area contributed by atoms with E-state index < -0.39 is 73.2 Å². The summed E-state index contributed by atoms with van der Waals surface area (Å²) in [6.07, 6.45) is -11.2. The molecule has 3 heterocycles. The molecule has 0 bridgehead atoms. The Labute approximate surface area is 420 Å². The normalized spacial score (nSPS) is 25.4. The molecule has 3 aliphatic rings. The molecule has 0 spiro atoms. The van der Waals surface area contributed by atoms with Crippen LogP contribution in [0.15, 0.2) is 182 Å². The van der Waals surface area contributed by atoms with Gasteiger partial charge in [-0.2, -0.15) is 5.06 Å². The number of rotatable bonds is 24. The van der Waals surface area contributed by atoms with E-state index in [4.69, 9.17) is 47.5 Å². The van der Waals surface area contributed by atoms with Crippen LogP contribution in [-0.2, 0) is 96.7 Å². The van der Waals surface area contributed by atoms with Crippen molar-refractivity contribution in [3.05, 3.63) is 215 Å². The van der Waals surface area contributed by atoms with Gasteiger partial charge in [0.25, 0.3) is 11.8 Å². The van der Waals surface area contributed by atoms with Gasteiger partial charge in [0.1, 0.15) is 48.8 Å². The fourth-order valence-electron chi connectivity index (χ4n) is 8.87. The predicted molar refractivity (Wildman–Crippen MR) is 263 cm³/mol. The molecular weight excluding hydrogens is 919 g/mol. The average Bonchev–Trinajstić information content (AvgIpc) is 3.74. The topological polar surface area (TPSA) is 150 Å². The van der Waals surface area contributed by atoms with Gasteiger partial charge in [-0.15, -0.1) is 0 Å². The number of aliphatic hydroxyl groups is 1. The molecule has 0 radical (unpaired) electrons. The first kappa shape index (κ1) is 50.9. The standard InChI is InChI=1S/C58H61NO13/c60-49-31-32-50(61)59(49)72-58-56(68-38-46-29-17-6-18-30-46)54(66-36-44-25-13-4-14-26-44)52(48(70-58)40-64-34-42-21-9-2-10-22-42)71-57-55(67-37-45-27-15-5-16-28-45)53(65-35-43-23-11-3-12-24-43)51(62)47(69-57)39-63-33-41-19-7-1-8-20-41/h1-30,47-48,51-58,62H,31-40H2/t47-,48-,51+,52-,53+,54+,55-,56-,57+,58-/m1/s1. The molecule has 0 saturated carbocycles. The fraction of sp³-hybridized carbons (Fsp3) is 0.345. The van der Waals surface area contributed by atoms with Crippen LogP contribution in [0.2, 0.25) is 0 Å². The molecular formula is C58H61NO13. The number of aliphatic hydroxyl groups excluding tert-OH is 1. The van der Waals surface area contributed by atoms with Crippen molar-refractivity contribution in [3.8, 4) is 0 Å². The Kier molecular flexibility index (Phi) is 18.5. The van der Waals surface area contributed by atoms with E-state index in [0.29, 0.717) is 0 Å². The molecule has 3 saturated heterocycles. The number of nitrogens with zero attached hydrogens (tertiary/aromatic N) is 1. The van der Waals surface area contributed by atoms with Crippen LogP contribution in [0.4, 0.5) is 0 Å². The molecule has 6 aromatic carbocycles. The van der Waals surface area contributed by atoms with E-state index in [2.05, 4.69) is 0 Å². The maximum atomic E-state index is 13.2. The third-order valence-electron chi connectivity index (χ3n) is 12.6. The van der Waals surface area contributed by atoms with Crippen LogP contribution in [-0.4, -0.2) is 96.6 Å². The van der Waals surface area contributed by atoms with Gasteiger partial charge < -0.3 is 47.7 Å². The van der Waals surface area contributed by atoms with Gasteiger partial charge in [0, 0.05) is 12.8 Å². The Morgan fingerprint density at radius 3 is 1.15 bits per heavy atom. The summed E-state index contributed by atoms with van der Waals surface area (Å²) < 4.78 is 60.9. The number of carbonyl (C=O) groups is 2. The Morgan fingerprint density at radius 2 is 0.736 bits per heavy atom. The number of hydroxylamine groups is 2. The molecule has 72 heavy (non-hydrogen) atoms. The lowest BCUT2D eigenvalue weighted by atomic mass is 9.96. The Bertz CT molecular complexity index is 2510. The van der Waals surface area contributed by atoms with E-state index in [0.717, 1.165) is 38.4 Å². The van der Waals surface area contributed by atoms with Crippen LogP contribution < -0.4 is 0 Å². The maximum absolute atomic E-state index is 13.2. The van der Waals surface area contributed by atoms with Gasteiger partial charge in [0.15, 0.2) is 6.29 Å². The lowest BCUT2D eigenvalue weighted by molar-refractivity contribution is -0.389. The SMILES string of the molecule is O=C1CCC(=O)N1O[C@H]1O[C@H](COCc2ccccc2)[C@@H](O[C@@H]2O[C@H](COCc3ccccc3)[C@H](O)[C@H](OCc3ccccc3)[C@H]2OCc2ccccc2)[C@H](OCc2ccccc2)[C@H]1OCc1ccccc1. The van der Waals surface area contributed by atoms with Crippen LogP contribution in [0.5, 0.6) is 0 Å². The first-order valence-electron chi connectivity index (χ1n) is 24.5. The molecule has 0 aromatic heterocycles. The molecule has 14 nitrogen and oxygen atoms in total. The van der Waals surface area contributed by atoms with Gasteiger partial charge in [0.2, 0.25) is 6.29 Å². The highest BCUT2D eigenvalue weighted by molar-refractivity contribution is 6.00. The first-order chi connectivity index (χ1) is 35.4. The summed E-state index contributed by atoms with van der Waals surface area (Å²) in [5.41, 5.74) is 5.32. The maximum Gasteiger partial charge on any atom is 0.254 e. The molecule has 6 aromatic rings. The molecule has 9 rings (SSSR count). The van der Waals surface area contributed by atoms with Crippen LogP contribution in [0.25, 0.3) is 0 Å². The van der Waals surface area contributed by atoms with Gasteiger partial charge in [0.05, 0.1) is 52.9 Å². The summed E-state index contributed by atoms with van der Waals surface area (Å²) in [5.74, 6) is -1.01. The number of hydrogen-bond donors (Lipinski definition) is 1. The number of ether oxygens (including phenoxy) is 9. The van der Waals surface area contributed by atoms with Crippen LogP contribution >= 0.6 is 0 Å². The van der Waals surface area contributed by atoms with E-state index in [-0.39, 0.29) is 65.7 Å². The first-order valence-corrected chi connectivity index (χ1v) is 24.5. The van der Waals surface area contributed by atoms with E-state index in [1.807, 2.05) is 182 Å². The molecule has 0 unspecified atom stereocenters. The third kappa shape index (κ3) is 13.9. The highest BCUT2D eigenvalue weighted by atomic mass is 16.8. The van der Waals surface area contributed by atoms with Crippen LogP contribution in [0, 0.1) is 0 Å². The quantitative estimate of drug-likeness (QED) is 0.0584. The average molecular weight is 980 g/mol. The zero-order chi connectivity index (χ0) is 49.3. The van der Waals surface area contributed by atoms with E-state index >= 15 is 0 Å². The summed E-state index contributed by atoms with van der Waals surface area (Å²) in [6, 6.07) is 58.0. The van der Waals surface area contributed by atoms with Crippen LogP contribution in [0.3, 0.4) is 0 Å². The van der Waals surface area contributed by atoms with Crippen molar-refractivity contribution in [2.45, 2.75) is 114 Å². The lowest BCUT2D eigenvalue weighted by Gasteiger charge is -2.49. The highest BCUT2D eigenvalue weighted by Gasteiger charge is 2.55. The second-order valence-corrected chi connectivity index (χ2v) is 17.9. The van der Waals surface area contributed by atoms with E-state index in [9.17, 15) is 14.7 Å². The number of benzene rings is 6. The molecule has 1 N–H and O–H groups in total. The van der Waals surface area contributed by atoms with Crippen molar-refractivity contribution in [2.24, 2.45) is 0 Å². The van der Waals surface area contributed by atoms with Crippen LogP contribution in [0.1, 0.15) is 46.2 Å². The van der Waals surface area contributed by atoms with Crippen molar-refractivity contribution in [2.75, 3.05) is 13.2 Å². The molecule has 3 fully saturated rings. The molecule has 3 aliphatic heterocycles. The summed E-state index contributed by atoms with van der Waals surface area (Å²) in [6.45, 7) is 0.828. The van der Waals surface area contributed by atoms with Gasteiger partial charge in [-0.3, -0.25) is 9.59 Å². The largest absolute Gasteiger partial charge is 0.387 e. The van der Waals surface area contributed by atoms with Crippen molar-refractivity contribution < 1.29 is 62.2 Å². The minimum Gasteiger partial charge on any atom is -0.387 e. The summed E-state index contributed by atoms with van der Waals surface area (Å²) in [5, 5.41) is 13.1. The van der Waals surface area contributed by atoms with Gasteiger partial charge in [-0.25, -0.2) is 4.84 Å². The Morgan fingerprint density at radius 1 is 0.403 bits per heavy atom. The van der Waals surface area contributed by atoms with Gasteiger partial charge in [-0.1, -0.05) is 182 Å². The molecule has 376 valence electrons. The summed E-state index contributed by atoms with van der Waals surface area (Å²) >= 11 is 0. The van der Waals surface area contributed by atoms with E-state index in [1.165, 1.54) is 0 Å². The minimum atomic E-state index is -1.37. The molecule has 0 aliphatic carbocycles. The Balaban J connectivity index is 1.10. The highest BCUT2D eigenvalue weighted by Crippen LogP contribution is 2.37. The number of carbonyl (C=O) groups excluding carboxylic acids is 2. The van der Waals surface area contributed by atoms with Crippen molar-refractivity contribution in [3.63, 3.8) is 0 Å². The number of amides is 2. The Hall–Kier alpha value is -5.98. The summed E-state index contributed by atoms with van der Waals surface area (Å²) in [4.78, 5) is 32.7. The van der Waals surface area contributed by atoms with Gasteiger partial charge in [-0.05, 0) is 33.4 Å². The van der Waals surface area contributed by atoms with Crippen molar-refractivity contribution in [1.29, 1.82) is 0 Å². The zero-order valence-corrected chi connectivity index (χ0v) is 40.0. The predicted octanol–water partition coefficient (Wildman–Crippen LogP) is 8.04. The molecule has 14 heteroatoms. The van der Waals surface area contributed by atoms with Gasteiger partial charge >= 0.3 is 0 Å². The fourth-order valence-corrected chi connectivity index (χ4v) is 8.87. The van der Waals surface area contributed by atoms with E-state index in [1.54, 1.807) is 0 Å². The smallest absolute Gasteiger partial charge is 0.254 e. The zero-order valence-electron chi connectivity index (χ0n) is 40.0. The molecule has 10 atom stereocenters. The second-order valence-electron chi connectivity index (χ2n) is 17.9. The number of imide groups is 1. The third-order valence-corrected chi connectivity index (χ3v) is 12.6. The second kappa shape index (κ2) is 26.1.